The van der Waals surface area contributed by atoms with Gasteiger partial charge >= 0.3 is 5.69 Å². The lowest BCUT2D eigenvalue weighted by Gasteiger charge is -2.13. The first-order chi connectivity index (χ1) is 11.4. The Balaban J connectivity index is 1.99. The van der Waals surface area contributed by atoms with E-state index in [1.807, 2.05) is 32.0 Å². The summed E-state index contributed by atoms with van der Waals surface area (Å²) in [6, 6.07) is 7.44. The van der Waals surface area contributed by atoms with Crippen molar-refractivity contribution in [3.8, 4) is 0 Å². The van der Waals surface area contributed by atoms with E-state index in [9.17, 15) is 14.4 Å². The van der Waals surface area contributed by atoms with E-state index in [4.69, 9.17) is 0 Å². The van der Waals surface area contributed by atoms with Gasteiger partial charge < -0.3 is 5.32 Å². The van der Waals surface area contributed by atoms with E-state index in [-0.39, 0.29) is 18.0 Å². The van der Waals surface area contributed by atoms with E-state index in [1.54, 1.807) is 11.4 Å². The Morgan fingerprint density at radius 2 is 1.83 bits per heavy atom. The van der Waals surface area contributed by atoms with Gasteiger partial charge in [-0.15, -0.1) is 11.3 Å². The Bertz CT molecular complexity index is 1040. The van der Waals surface area contributed by atoms with E-state index in [0.717, 1.165) is 21.4 Å². The van der Waals surface area contributed by atoms with Gasteiger partial charge in [0, 0.05) is 12.7 Å². The van der Waals surface area contributed by atoms with Crippen molar-refractivity contribution in [3.63, 3.8) is 0 Å². The van der Waals surface area contributed by atoms with Crippen LogP contribution in [0.4, 0.5) is 5.69 Å². The summed E-state index contributed by atoms with van der Waals surface area (Å²) in [5.74, 6) is -0.305. The van der Waals surface area contributed by atoms with Crippen LogP contribution in [0.25, 0.3) is 10.2 Å². The predicted molar refractivity (Wildman–Crippen MR) is 95.9 cm³/mol. The van der Waals surface area contributed by atoms with Gasteiger partial charge in [-0.2, -0.15) is 0 Å². The lowest BCUT2D eigenvalue weighted by molar-refractivity contribution is -0.116. The van der Waals surface area contributed by atoms with Crippen LogP contribution in [-0.2, 0) is 18.4 Å². The number of para-hydroxylation sites is 1. The molecule has 0 saturated carbocycles. The zero-order chi connectivity index (χ0) is 17.4. The molecular formula is C17H17N3O3S. The number of hydrogen-bond acceptors (Lipinski definition) is 4. The molecular weight excluding hydrogens is 326 g/mol. The third kappa shape index (κ3) is 2.67. The summed E-state index contributed by atoms with van der Waals surface area (Å²) in [5.41, 5.74) is 2.32. The van der Waals surface area contributed by atoms with Crippen molar-refractivity contribution in [3.05, 3.63) is 61.6 Å². The van der Waals surface area contributed by atoms with E-state index >= 15 is 0 Å². The summed E-state index contributed by atoms with van der Waals surface area (Å²) in [4.78, 5) is 36.9. The minimum absolute atomic E-state index is 0.145. The van der Waals surface area contributed by atoms with Gasteiger partial charge in [0.1, 0.15) is 11.2 Å². The molecule has 0 unspecified atom stereocenters. The molecule has 2 heterocycles. The van der Waals surface area contributed by atoms with Crippen molar-refractivity contribution < 1.29 is 4.79 Å². The minimum Gasteiger partial charge on any atom is -0.324 e. The summed E-state index contributed by atoms with van der Waals surface area (Å²) in [7, 11) is 1.42. The van der Waals surface area contributed by atoms with Crippen LogP contribution < -0.4 is 16.6 Å². The molecule has 0 saturated heterocycles. The molecule has 3 aromatic rings. The van der Waals surface area contributed by atoms with Gasteiger partial charge in [0.25, 0.3) is 5.56 Å². The largest absolute Gasteiger partial charge is 0.331 e. The van der Waals surface area contributed by atoms with Crippen molar-refractivity contribution in [1.29, 1.82) is 0 Å². The number of anilines is 1. The van der Waals surface area contributed by atoms with Crippen LogP contribution in [0, 0.1) is 13.8 Å². The number of nitrogens with zero attached hydrogens (tertiary/aromatic N) is 2. The van der Waals surface area contributed by atoms with Crippen molar-refractivity contribution in [2.24, 2.45) is 7.05 Å². The molecule has 0 radical (unpaired) electrons. The highest BCUT2D eigenvalue weighted by atomic mass is 32.1. The van der Waals surface area contributed by atoms with E-state index in [0.29, 0.717) is 10.2 Å². The van der Waals surface area contributed by atoms with Crippen molar-refractivity contribution in [2.75, 3.05) is 5.32 Å². The fourth-order valence-electron chi connectivity index (χ4n) is 2.69. The van der Waals surface area contributed by atoms with Crippen LogP contribution in [0.2, 0.25) is 0 Å². The van der Waals surface area contributed by atoms with Gasteiger partial charge in [0.15, 0.2) is 0 Å². The first-order valence-electron chi connectivity index (χ1n) is 7.43. The number of carbonyl (C=O) groups excluding carboxylic acids is 1. The molecule has 0 atom stereocenters. The van der Waals surface area contributed by atoms with Gasteiger partial charge in [-0.25, -0.2) is 4.79 Å². The smallest absolute Gasteiger partial charge is 0.324 e. The second kappa shape index (κ2) is 6.09. The van der Waals surface area contributed by atoms with Crippen molar-refractivity contribution in [1.82, 2.24) is 9.13 Å². The number of aryl methyl sites for hydroxylation is 2. The third-order valence-corrected chi connectivity index (χ3v) is 4.89. The number of amides is 1. The fraction of sp³-hybridized carbons (Fsp3) is 0.235. The van der Waals surface area contributed by atoms with Gasteiger partial charge in [-0.3, -0.25) is 18.7 Å². The SMILES string of the molecule is Cc1cccc(C)c1NC(=O)Cn1c(=O)n(C)c(=O)c2sccc21. The number of carbonyl (C=O) groups is 1. The highest BCUT2D eigenvalue weighted by molar-refractivity contribution is 7.17. The first-order valence-corrected chi connectivity index (χ1v) is 8.31. The lowest BCUT2D eigenvalue weighted by atomic mass is 10.1. The van der Waals surface area contributed by atoms with Crippen LogP contribution in [0.1, 0.15) is 11.1 Å². The standard InChI is InChI=1S/C17H17N3O3S/c1-10-5-4-6-11(2)14(10)18-13(21)9-20-12-7-8-24-15(12)16(22)19(3)17(20)23/h4-8H,9H2,1-3H3,(H,18,21). The quantitative estimate of drug-likeness (QED) is 0.791. The first kappa shape index (κ1) is 16.2. The lowest BCUT2D eigenvalue weighted by Crippen LogP contribution is -2.39. The van der Waals surface area contributed by atoms with Crippen LogP contribution in [0.3, 0.4) is 0 Å². The zero-order valence-corrected chi connectivity index (χ0v) is 14.4. The van der Waals surface area contributed by atoms with Gasteiger partial charge in [0.05, 0.1) is 5.52 Å². The summed E-state index contributed by atoms with van der Waals surface area (Å²) >= 11 is 1.26. The molecule has 24 heavy (non-hydrogen) atoms. The molecule has 0 aliphatic carbocycles. The average molecular weight is 343 g/mol. The molecule has 1 aromatic carbocycles. The Hall–Kier alpha value is -2.67. The zero-order valence-electron chi connectivity index (χ0n) is 13.6. The number of hydrogen-bond donors (Lipinski definition) is 1. The van der Waals surface area contributed by atoms with E-state index < -0.39 is 5.69 Å². The second-order valence-corrected chi connectivity index (χ2v) is 6.60. The molecule has 3 rings (SSSR count). The Labute approximate surface area is 142 Å². The third-order valence-electron chi connectivity index (χ3n) is 4.00. The highest BCUT2D eigenvalue weighted by Crippen LogP contribution is 2.20. The number of nitrogens with one attached hydrogen (secondary N) is 1. The minimum atomic E-state index is -0.498. The average Bonchev–Trinajstić information content (AvgIpc) is 3.03. The number of aromatic nitrogens is 2. The predicted octanol–water partition coefficient (Wildman–Crippen LogP) is 2.02. The molecule has 1 amide bonds. The topological polar surface area (TPSA) is 73.1 Å². The van der Waals surface area contributed by atoms with Crippen molar-refractivity contribution in [2.45, 2.75) is 20.4 Å². The molecule has 0 spiro atoms. The Morgan fingerprint density at radius 1 is 1.17 bits per heavy atom. The number of thiophene rings is 1. The molecule has 2 aromatic heterocycles. The molecule has 1 N–H and O–H groups in total. The normalized spacial score (nSPS) is 11.0. The van der Waals surface area contributed by atoms with Crippen LogP contribution in [0.15, 0.2) is 39.2 Å². The van der Waals surface area contributed by atoms with Gasteiger partial charge in [0.2, 0.25) is 5.91 Å². The maximum atomic E-state index is 12.4. The summed E-state index contributed by atoms with van der Waals surface area (Å²) in [6.07, 6.45) is 0. The number of rotatable bonds is 3. The van der Waals surface area contributed by atoms with E-state index in [1.165, 1.54) is 23.0 Å². The monoisotopic (exact) mass is 343 g/mol. The Kier molecular flexibility index (Phi) is 4.11. The fourth-order valence-corrected chi connectivity index (χ4v) is 3.56. The molecule has 0 aliphatic rings. The van der Waals surface area contributed by atoms with E-state index in [2.05, 4.69) is 5.32 Å². The maximum absolute atomic E-state index is 12.4. The number of fused-ring (bicyclic) bond motifs is 1. The highest BCUT2D eigenvalue weighted by Gasteiger charge is 2.15. The summed E-state index contributed by atoms with van der Waals surface area (Å²) in [6.45, 7) is 3.68. The molecule has 6 nitrogen and oxygen atoms in total. The van der Waals surface area contributed by atoms with Gasteiger partial charge in [-0.1, -0.05) is 18.2 Å². The molecule has 0 fully saturated rings. The number of benzene rings is 1. The second-order valence-electron chi connectivity index (χ2n) is 5.68. The molecule has 0 bridgehead atoms. The maximum Gasteiger partial charge on any atom is 0.331 e. The van der Waals surface area contributed by atoms with Crippen LogP contribution >= 0.6 is 11.3 Å². The molecule has 0 aliphatic heterocycles. The van der Waals surface area contributed by atoms with Crippen LogP contribution in [0.5, 0.6) is 0 Å². The molecule has 124 valence electrons. The summed E-state index contributed by atoms with van der Waals surface area (Å²) < 4.78 is 2.83. The Morgan fingerprint density at radius 3 is 2.50 bits per heavy atom. The summed E-state index contributed by atoms with van der Waals surface area (Å²) in [5, 5.41) is 4.60. The van der Waals surface area contributed by atoms with Crippen molar-refractivity contribution >= 4 is 33.1 Å². The molecule has 7 heteroatoms. The van der Waals surface area contributed by atoms with Gasteiger partial charge in [-0.05, 0) is 36.4 Å². The van der Waals surface area contributed by atoms with Crippen LogP contribution in [-0.4, -0.2) is 15.0 Å².